The van der Waals surface area contributed by atoms with Gasteiger partial charge < -0.3 is 0 Å². The number of benzene rings is 3. The summed E-state index contributed by atoms with van der Waals surface area (Å²) in [6.07, 6.45) is 1.84. The van der Waals surface area contributed by atoms with Gasteiger partial charge >= 0.3 is 0 Å². The Hall–Kier alpha value is -3.04. The summed E-state index contributed by atoms with van der Waals surface area (Å²) in [7, 11) is 0. The molecule has 1 nitrogen and oxygen atoms in total. The van der Waals surface area contributed by atoms with Crippen molar-refractivity contribution in [2.75, 3.05) is 0 Å². The van der Waals surface area contributed by atoms with Crippen molar-refractivity contribution in [3.63, 3.8) is 0 Å². The highest BCUT2D eigenvalue weighted by atomic mass is 32.1. The molecular weight excluding hydrogens is 365 g/mol. The van der Waals surface area contributed by atoms with Crippen molar-refractivity contribution in [3.05, 3.63) is 89.9 Å². The first-order valence-corrected chi connectivity index (χ1v) is 10.1. The molecule has 0 aliphatic rings. The molecule has 0 saturated carbocycles. The molecule has 0 fully saturated rings. The summed E-state index contributed by atoms with van der Waals surface area (Å²) in [5, 5.41) is 3.56. The molecule has 0 atom stereocenters. The third-order valence-electron chi connectivity index (χ3n) is 5.17. The zero-order chi connectivity index (χ0) is 19.3. The largest absolute Gasteiger partial charge is 0.255 e. The van der Waals surface area contributed by atoms with Crippen LogP contribution >= 0.6 is 11.3 Å². The number of halogens is 1. The molecule has 3 heteroatoms. The zero-order valence-corrected chi connectivity index (χ0v) is 16.5. The maximum absolute atomic E-state index is 14.5. The maximum atomic E-state index is 14.5. The number of thiophene rings is 1. The molecule has 28 heavy (non-hydrogen) atoms. The van der Waals surface area contributed by atoms with Crippen LogP contribution in [-0.2, 0) is 0 Å². The lowest BCUT2D eigenvalue weighted by Gasteiger charge is -2.08. The summed E-state index contributed by atoms with van der Waals surface area (Å²) in [5.41, 5.74) is 4.85. The van der Waals surface area contributed by atoms with E-state index in [1.165, 1.54) is 16.3 Å². The highest BCUT2D eigenvalue weighted by molar-refractivity contribution is 7.22. The number of aryl methyl sites for hydroxylation is 2. The summed E-state index contributed by atoms with van der Waals surface area (Å²) in [4.78, 5) is 5.62. The maximum Gasteiger partial charge on any atom is 0.132 e. The minimum Gasteiger partial charge on any atom is -0.255 e. The van der Waals surface area contributed by atoms with E-state index in [1.54, 1.807) is 17.4 Å². The van der Waals surface area contributed by atoms with Crippen LogP contribution in [0.15, 0.2) is 72.9 Å². The van der Waals surface area contributed by atoms with Gasteiger partial charge in [-0.15, -0.1) is 11.3 Å². The smallest absolute Gasteiger partial charge is 0.132 e. The third kappa shape index (κ3) is 2.79. The van der Waals surface area contributed by atoms with Crippen molar-refractivity contribution in [1.82, 2.24) is 4.98 Å². The third-order valence-corrected chi connectivity index (χ3v) is 6.36. The molecule has 0 aliphatic carbocycles. The van der Waals surface area contributed by atoms with E-state index in [2.05, 4.69) is 54.4 Å². The van der Waals surface area contributed by atoms with E-state index in [9.17, 15) is 4.39 Å². The fourth-order valence-electron chi connectivity index (χ4n) is 3.76. The van der Waals surface area contributed by atoms with Gasteiger partial charge in [-0.05, 0) is 71.5 Å². The van der Waals surface area contributed by atoms with Crippen LogP contribution < -0.4 is 0 Å². The lowest BCUT2D eigenvalue weighted by atomic mass is 9.99. The van der Waals surface area contributed by atoms with Crippen LogP contribution in [0.4, 0.5) is 4.39 Å². The average molecular weight is 383 g/mol. The van der Waals surface area contributed by atoms with Gasteiger partial charge in [0.15, 0.2) is 0 Å². The predicted molar refractivity (Wildman–Crippen MR) is 117 cm³/mol. The van der Waals surface area contributed by atoms with E-state index in [-0.39, 0.29) is 5.82 Å². The predicted octanol–water partition coefficient (Wildman–Crippen LogP) is 7.54. The first kappa shape index (κ1) is 17.1. The van der Waals surface area contributed by atoms with Gasteiger partial charge in [-0.2, -0.15) is 0 Å². The van der Waals surface area contributed by atoms with Crippen molar-refractivity contribution in [2.45, 2.75) is 13.8 Å². The molecule has 2 aromatic heterocycles. The first-order valence-electron chi connectivity index (χ1n) is 9.25. The molecule has 3 aromatic carbocycles. The van der Waals surface area contributed by atoms with Crippen LogP contribution in [0.2, 0.25) is 0 Å². The van der Waals surface area contributed by atoms with E-state index in [0.717, 1.165) is 31.8 Å². The van der Waals surface area contributed by atoms with Gasteiger partial charge in [0.25, 0.3) is 0 Å². The van der Waals surface area contributed by atoms with Gasteiger partial charge in [-0.3, -0.25) is 4.98 Å². The lowest BCUT2D eigenvalue weighted by molar-refractivity contribution is 0.630. The van der Waals surface area contributed by atoms with E-state index < -0.39 is 0 Å². The average Bonchev–Trinajstić information content (AvgIpc) is 3.11. The molecule has 0 saturated heterocycles. The number of rotatable bonds is 2. The number of hydrogen-bond donors (Lipinski definition) is 0. The van der Waals surface area contributed by atoms with Crippen molar-refractivity contribution in [1.29, 1.82) is 0 Å². The second-order valence-corrected chi connectivity index (χ2v) is 8.24. The SMILES string of the molecule is Cc1ccc(-c2cc3ccnc(-c4cc(C)c5ccccc5c4)c3s2)c(F)c1. The van der Waals surface area contributed by atoms with Crippen LogP contribution in [0.25, 0.3) is 42.6 Å². The van der Waals surface area contributed by atoms with Crippen LogP contribution in [0.3, 0.4) is 0 Å². The highest BCUT2D eigenvalue weighted by Crippen LogP contribution is 2.40. The molecule has 0 bridgehead atoms. The monoisotopic (exact) mass is 383 g/mol. The van der Waals surface area contributed by atoms with Crippen molar-refractivity contribution >= 4 is 32.2 Å². The molecule has 0 N–H and O–H groups in total. The number of nitrogens with zero attached hydrogens (tertiary/aromatic N) is 1. The molecule has 2 heterocycles. The van der Waals surface area contributed by atoms with Gasteiger partial charge in [0.2, 0.25) is 0 Å². The Bertz CT molecular complexity index is 1350. The first-order chi connectivity index (χ1) is 13.6. The van der Waals surface area contributed by atoms with Gasteiger partial charge in [0.1, 0.15) is 5.82 Å². The fourth-order valence-corrected chi connectivity index (χ4v) is 4.96. The van der Waals surface area contributed by atoms with Gasteiger partial charge in [-0.25, -0.2) is 4.39 Å². The van der Waals surface area contributed by atoms with E-state index in [4.69, 9.17) is 0 Å². The Labute approximate surface area is 167 Å². The van der Waals surface area contributed by atoms with E-state index in [1.807, 2.05) is 31.3 Å². The fraction of sp³-hybridized carbons (Fsp3) is 0.0800. The molecule has 0 radical (unpaired) electrons. The number of hydrogen-bond acceptors (Lipinski definition) is 2. The number of fused-ring (bicyclic) bond motifs is 2. The van der Waals surface area contributed by atoms with E-state index >= 15 is 0 Å². The van der Waals surface area contributed by atoms with Crippen molar-refractivity contribution < 1.29 is 4.39 Å². The van der Waals surface area contributed by atoms with Gasteiger partial charge in [-0.1, -0.05) is 36.4 Å². The molecule has 0 amide bonds. The molecular formula is C25H18FNS. The topological polar surface area (TPSA) is 12.9 Å². The molecule has 0 spiro atoms. The van der Waals surface area contributed by atoms with Crippen LogP contribution in [0.5, 0.6) is 0 Å². The van der Waals surface area contributed by atoms with Gasteiger partial charge in [0, 0.05) is 22.2 Å². The second kappa shape index (κ2) is 6.54. The summed E-state index contributed by atoms with van der Waals surface area (Å²) in [5.74, 6) is -0.178. The Morgan fingerprint density at radius 3 is 2.57 bits per heavy atom. The minimum absolute atomic E-state index is 0.178. The van der Waals surface area contributed by atoms with Crippen LogP contribution in [-0.4, -0.2) is 4.98 Å². The number of pyridine rings is 1. The Kier molecular flexibility index (Phi) is 3.99. The Morgan fingerprint density at radius 2 is 1.71 bits per heavy atom. The molecule has 5 aromatic rings. The van der Waals surface area contributed by atoms with Crippen molar-refractivity contribution in [2.24, 2.45) is 0 Å². The van der Waals surface area contributed by atoms with Crippen LogP contribution in [0, 0.1) is 19.7 Å². The zero-order valence-electron chi connectivity index (χ0n) is 15.7. The lowest BCUT2D eigenvalue weighted by Crippen LogP contribution is -1.86. The summed E-state index contributed by atoms with van der Waals surface area (Å²) < 4.78 is 15.6. The standard InChI is InChI=1S/C25H18FNS/c1-15-7-8-21(22(26)11-15)23-14-18-9-10-27-24(25(18)28-23)19-12-16(2)20-6-4-3-5-17(20)13-19/h3-14H,1-2H3. The Morgan fingerprint density at radius 1 is 0.857 bits per heavy atom. The summed E-state index contributed by atoms with van der Waals surface area (Å²) >= 11 is 1.60. The van der Waals surface area contributed by atoms with Crippen molar-refractivity contribution in [3.8, 4) is 21.7 Å². The molecule has 5 rings (SSSR count). The minimum atomic E-state index is -0.178. The number of aromatic nitrogens is 1. The molecule has 136 valence electrons. The van der Waals surface area contributed by atoms with E-state index in [0.29, 0.717) is 5.56 Å². The molecule has 0 unspecified atom stereocenters. The second-order valence-electron chi connectivity index (χ2n) is 7.19. The quantitative estimate of drug-likeness (QED) is 0.307. The highest BCUT2D eigenvalue weighted by Gasteiger charge is 2.14. The Balaban J connectivity index is 1.72. The summed E-state index contributed by atoms with van der Waals surface area (Å²) in [6.45, 7) is 4.04. The van der Waals surface area contributed by atoms with Crippen LogP contribution in [0.1, 0.15) is 11.1 Å². The normalized spacial score (nSPS) is 11.4. The molecule has 0 aliphatic heterocycles. The summed E-state index contributed by atoms with van der Waals surface area (Å²) in [6, 6.07) is 22.2. The van der Waals surface area contributed by atoms with Gasteiger partial charge in [0.05, 0.1) is 10.4 Å².